The molecule has 5 aromatic heterocycles. The van der Waals surface area contributed by atoms with E-state index in [-0.39, 0.29) is 0 Å². The fraction of sp³-hybridized carbons (Fsp3) is 0. The first-order valence-electron chi connectivity index (χ1n) is 13.7. The molecule has 0 aliphatic heterocycles. The van der Waals surface area contributed by atoms with Crippen molar-refractivity contribution >= 4 is 64.2 Å². The lowest BCUT2D eigenvalue weighted by molar-refractivity contribution is 1.09. The summed E-state index contributed by atoms with van der Waals surface area (Å²) in [5, 5.41) is 6.22. The molecule has 0 aliphatic rings. The van der Waals surface area contributed by atoms with Crippen molar-refractivity contribution in [2.45, 2.75) is 0 Å². The van der Waals surface area contributed by atoms with Crippen LogP contribution in [0.5, 0.6) is 0 Å². The number of rotatable bonds is 3. The molecule has 0 unspecified atom stereocenters. The molecule has 9 aromatic rings. The molecule has 0 amide bonds. The molecule has 4 aromatic carbocycles. The molecule has 5 heteroatoms. The highest BCUT2D eigenvalue weighted by molar-refractivity contribution is 7.26. The standard InChI is InChI=1S/C36H22N4S/c1-2-9-24(10-3-1)39-21-19-27-30(39)17-15-25-26-16-18-32-34(28-11-4-5-13-31(28)41-32)36(26)40(35(25)27)33-14-6-12-29(38-33)23-8-7-20-37-22-23/h1-22H. The van der Waals surface area contributed by atoms with Crippen LogP contribution in [0.25, 0.3) is 75.6 Å². The summed E-state index contributed by atoms with van der Waals surface area (Å²) in [7, 11) is 0. The number of pyridine rings is 2. The third-order valence-electron chi connectivity index (χ3n) is 8.05. The van der Waals surface area contributed by atoms with E-state index < -0.39 is 0 Å². The summed E-state index contributed by atoms with van der Waals surface area (Å²) < 4.78 is 7.24. The predicted molar refractivity (Wildman–Crippen MR) is 172 cm³/mol. The third-order valence-corrected chi connectivity index (χ3v) is 9.19. The van der Waals surface area contributed by atoms with E-state index in [0.717, 1.165) is 22.8 Å². The van der Waals surface area contributed by atoms with Gasteiger partial charge in [-0.3, -0.25) is 9.55 Å². The lowest BCUT2D eigenvalue weighted by Crippen LogP contribution is -1.99. The molecule has 0 fully saturated rings. The highest BCUT2D eigenvalue weighted by atomic mass is 32.1. The van der Waals surface area contributed by atoms with Crippen LogP contribution in [0.2, 0.25) is 0 Å². The SMILES string of the molecule is c1ccc(-n2ccc3c2ccc2c4ccc5sc6ccccc6c5c4n(-c4cccc(-c5cccnc5)n4)c23)cc1. The minimum atomic E-state index is 0.897. The van der Waals surface area contributed by atoms with Crippen molar-refractivity contribution in [1.82, 2.24) is 19.1 Å². The summed E-state index contributed by atoms with van der Waals surface area (Å²) in [6.45, 7) is 0. The smallest absolute Gasteiger partial charge is 0.138 e. The Morgan fingerprint density at radius 1 is 0.585 bits per heavy atom. The second-order valence-corrected chi connectivity index (χ2v) is 11.4. The molecule has 41 heavy (non-hydrogen) atoms. The Morgan fingerprint density at radius 3 is 2.34 bits per heavy atom. The van der Waals surface area contributed by atoms with Gasteiger partial charge in [0.05, 0.1) is 22.2 Å². The molecule has 4 nitrogen and oxygen atoms in total. The van der Waals surface area contributed by atoms with Gasteiger partial charge in [-0.2, -0.15) is 0 Å². The molecule has 5 heterocycles. The molecular weight excluding hydrogens is 520 g/mol. The Labute approximate surface area is 239 Å². The van der Waals surface area contributed by atoms with E-state index in [2.05, 4.69) is 130 Å². The zero-order chi connectivity index (χ0) is 26.9. The van der Waals surface area contributed by atoms with Crippen LogP contribution in [-0.4, -0.2) is 19.1 Å². The molecule has 9 rings (SSSR count). The summed E-state index contributed by atoms with van der Waals surface area (Å²) in [6.07, 6.45) is 5.85. The van der Waals surface area contributed by atoms with Gasteiger partial charge in [-0.1, -0.05) is 54.6 Å². The average molecular weight is 543 g/mol. The summed E-state index contributed by atoms with van der Waals surface area (Å²) in [6, 6.07) is 40.9. The Hall–Kier alpha value is -5.26. The van der Waals surface area contributed by atoms with E-state index in [1.807, 2.05) is 23.6 Å². The first-order chi connectivity index (χ1) is 20.3. The molecule has 0 spiro atoms. The second-order valence-electron chi connectivity index (χ2n) is 10.3. The highest BCUT2D eigenvalue weighted by Crippen LogP contribution is 2.44. The monoisotopic (exact) mass is 542 g/mol. The normalized spacial score (nSPS) is 11.9. The van der Waals surface area contributed by atoms with Gasteiger partial charge >= 0.3 is 0 Å². The minimum absolute atomic E-state index is 0.897. The van der Waals surface area contributed by atoms with Crippen LogP contribution in [0.3, 0.4) is 0 Å². The van der Waals surface area contributed by atoms with Crippen molar-refractivity contribution in [3.63, 3.8) is 0 Å². The summed E-state index contributed by atoms with van der Waals surface area (Å²) >= 11 is 1.85. The van der Waals surface area contributed by atoms with E-state index in [1.165, 1.54) is 52.9 Å². The zero-order valence-electron chi connectivity index (χ0n) is 21.9. The predicted octanol–water partition coefficient (Wildman–Crippen LogP) is 9.55. The second kappa shape index (κ2) is 8.62. The summed E-state index contributed by atoms with van der Waals surface area (Å²) in [5.74, 6) is 0.897. The highest BCUT2D eigenvalue weighted by Gasteiger charge is 2.21. The van der Waals surface area contributed by atoms with E-state index >= 15 is 0 Å². The Morgan fingerprint density at radius 2 is 1.44 bits per heavy atom. The van der Waals surface area contributed by atoms with Gasteiger partial charge in [-0.05, 0) is 60.7 Å². The van der Waals surface area contributed by atoms with Crippen LogP contribution in [-0.2, 0) is 0 Å². The first-order valence-corrected chi connectivity index (χ1v) is 14.5. The van der Waals surface area contributed by atoms with Crippen LogP contribution < -0.4 is 0 Å². The van der Waals surface area contributed by atoms with Gasteiger partial charge in [0.1, 0.15) is 5.82 Å². The molecule has 192 valence electrons. The molecule has 0 aliphatic carbocycles. The van der Waals surface area contributed by atoms with Crippen LogP contribution in [0.15, 0.2) is 134 Å². The zero-order valence-corrected chi connectivity index (χ0v) is 22.7. The molecular formula is C36H22N4S. The Bertz CT molecular complexity index is 2410. The minimum Gasteiger partial charge on any atom is -0.316 e. The maximum absolute atomic E-state index is 5.25. The topological polar surface area (TPSA) is 35.6 Å². The van der Waals surface area contributed by atoms with Crippen molar-refractivity contribution in [3.05, 3.63) is 134 Å². The van der Waals surface area contributed by atoms with Crippen molar-refractivity contribution in [3.8, 4) is 22.8 Å². The van der Waals surface area contributed by atoms with Crippen LogP contribution in [0.1, 0.15) is 0 Å². The fourth-order valence-corrected chi connectivity index (χ4v) is 7.39. The number of thiophene rings is 1. The number of nitrogens with zero attached hydrogens (tertiary/aromatic N) is 4. The van der Waals surface area contributed by atoms with E-state index in [0.29, 0.717) is 0 Å². The van der Waals surface area contributed by atoms with E-state index in [9.17, 15) is 0 Å². The van der Waals surface area contributed by atoms with Crippen LogP contribution >= 0.6 is 11.3 Å². The third kappa shape index (κ3) is 3.27. The van der Waals surface area contributed by atoms with Gasteiger partial charge < -0.3 is 4.57 Å². The van der Waals surface area contributed by atoms with E-state index in [1.54, 1.807) is 6.20 Å². The maximum atomic E-state index is 5.25. The first kappa shape index (κ1) is 22.5. The lowest BCUT2D eigenvalue weighted by Gasteiger charge is -2.11. The quantitative estimate of drug-likeness (QED) is 0.223. The Kier molecular flexibility index (Phi) is 4.74. The van der Waals surface area contributed by atoms with Gasteiger partial charge in [0, 0.05) is 66.2 Å². The van der Waals surface area contributed by atoms with Gasteiger partial charge in [-0.25, -0.2) is 4.98 Å². The van der Waals surface area contributed by atoms with Gasteiger partial charge in [0.15, 0.2) is 0 Å². The molecule has 0 bridgehead atoms. The van der Waals surface area contributed by atoms with Gasteiger partial charge in [0.2, 0.25) is 0 Å². The Balaban J connectivity index is 1.47. The van der Waals surface area contributed by atoms with Crippen molar-refractivity contribution in [1.29, 1.82) is 0 Å². The number of fused-ring (bicyclic) bond motifs is 9. The number of benzene rings is 4. The van der Waals surface area contributed by atoms with Gasteiger partial charge in [0.25, 0.3) is 0 Å². The van der Waals surface area contributed by atoms with Crippen LogP contribution in [0.4, 0.5) is 0 Å². The molecule has 0 N–H and O–H groups in total. The van der Waals surface area contributed by atoms with Crippen molar-refractivity contribution in [2.75, 3.05) is 0 Å². The molecule has 0 atom stereocenters. The van der Waals surface area contributed by atoms with E-state index in [4.69, 9.17) is 4.98 Å². The van der Waals surface area contributed by atoms with Crippen molar-refractivity contribution in [2.24, 2.45) is 0 Å². The molecule has 0 saturated heterocycles. The lowest BCUT2D eigenvalue weighted by atomic mass is 10.1. The maximum Gasteiger partial charge on any atom is 0.138 e. The average Bonchev–Trinajstić information content (AvgIpc) is 3.73. The van der Waals surface area contributed by atoms with Crippen molar-refractivity contribution < 1.29 is 0 Å². The van der Waals surface area contributed by atoms with Crippen LogP contribution in [0, 0.1) is 0 Å². The summed E-state index contributed by atoms with van der Waals surface area (Å²) in [5.41, 5.74) is 6.59. The van der Waals surface area contributed by atoms with Gasteiger partial charge in [-0.15, -0.1) is 11.3 Å². The number of hydrogen-bond acceptors (Lipinski definition) is 3. The molecule has 0 radical (unpaired) electrons. The molecule has 0 saturated carbocycles. The number of para-hydroxylation sites is 1. The number of hydrogen-bond donors (Lipinski definition) is 0. The fourth-order valence-electron chi connectivity index (χ4n) is 6.29. The number of aromatic nitrogens is 4. The largest absolute Gasteiger partial charge is 0.316 e. The summed E-state index contributed by atoms with van der Waals surface area (Å²) in [4.78, 5) is 9.59.